The third kappa shape index (κ3) is 3.75. The van der Waals surface area contributed by atoms with Gasteiger partial charge in [0.1, 0.15) is 5.54 Å². The van der Waals surface area contributed by atoms with Crippen LogP contribution in [0.15, 0.2) is 0 Å². The van der Waals surface area contributed by atoms with Crippen LogP contribution in [0.5, 0.6) is 0 Å². The van der Waals surface area contributed by atoms with E-state index in [4.69, 9.17) is 9.94 Å². The van der Waals surface area contributed by atoms with Gasteiger partial charge in [0.05, 0.1) is 13.0 Å². The highest BCUT2D eigenvalue weighted by atomic mass is 32.2. The molecule has 1 aliphatic carbocycles. The maximum Gasteiger partial charge on any atom is 0.307 e. The van der Waals surface area contributed by atoms with E-state index in [9.17, 15) is 18.4 Å². The van der Waals surface area contributed by atoms with Crippen LogP contribution in [-0.2, 0) is 25.6 Å². The zero-order valence-electron chi connectivity index (χ0n) is 11.3. The standard InChI is InChI=1S/C11H20N2O6S/c1-2-19-9(14)5-8-13(20(17)18)11(10(15)12-16)6-3-4-7-11/h16H,2-8H2,1H3,(H,12,15)(H,17,18)/p-1. The van der Waals surface area contributed by atoms with Crippen LogP contribution in [0.2, 0.25) is 0 Å². The number of hydroxylamine groups is 1. The molecule has 0 radical (unpaired) electrons. The van der Waals surface area contributed by atoms with Gasteiger partial charge in [-0.15, -0.1) is 0 Å². The molecule has 8 nitrogen and oxygen atoms in total. The lowest BCUT2D eigenvalue weighted by atomic mass is 9.96. The molecule has 1 saturated carbocycles. The summed E-state index contributed by atoms with van der Waals surface area (Å²) in [5.41, 5.74) is 0.214. The summed E-state index contributed by atoms with van der Waals surface area (Å²) in [7, 11) is 0. The number of carbonyl (C=O) groups excluding carboxylic acids is 2. The predicted octanol–water partition coefficient (Wildman–Crippen LogP) is -0.146. The fourth-order valence-corrected chi connectivity index (χ4v) is 3.30. The van der Waals surface area contributed by atoms with Crippen LogP contribution in [0.25, 0.3) is 0 Å². The number of rotatable bonds is 7. The quantitative estimate of drug-likeness (QED) is 0.292. The zero-order chi connectivity index (χ0) is 15.2. The molecule has 1 rings (SSSR count). The number of hydrogen-bond donors (Lipinski definition) is 2. The largest absolute Gasteiger partial charge is 0.760 e. The van der Waals surface area contributed by atoms with Crippen molar-refractivity contribution >= 4 is 23.1 Å². The number of ether oxygens (including phenoxy) is 1. The molecule has 0 aromatic heterocycles. The third-order valence-electron chi connectivity index (χ3n) is 3.44. The Morgan fingerprint density at radius 1 is 1.45 bits per heavy atom. The first-order valence-electron chi connectivity index (χ1n) is 6.45. The van der Waals surface area contributed by atoms with Crippen molar-refractivity contribution in [1.82, 2.24) is 9.79 Å². The van der Waals surface area contributed by atoms with E-state index in [0.717, 1.165) is 4.31 Å². The molecule has 1 aliphatic rings. The molecular formula is C11H19N2O6S-. The minimum atomic E-state index is -2.67. The van der Waals surface area contributed by atoms with E-state index in [0.29, 0.717) is 25.7 Å². The van der Waals surface area contributed by atoms with Crippen molar-refractivity contribution in [3.05, 3.63) is 0 Å². The number of esters is 1. The summed E-state index contributed by atoms with van der Waals surface area (Å²) in [4.78, 5) is 23.2. The predicted molar refractivity (Wildman–Crippen MR) is 68.0 cm³/mol. The molecule has 1 amide bonds. The average Bonchev–Trinajstić information content (AvgIpc) is 2.88. The Morgan fingerprint density at radius 3 is 2.50 bits per heavy atom. The minimum absolute atomic E-state index is 0.137. The Kier molecular flexibility index (Phi) is 6.53. The lowest BCUT2D eigenvalue weighted by Crippen LogP contribution is -2.57. The van der Waals surface area contributed by atoms with Gasteiger partial charge in [0, 0.05) is 17.8 Å². The van der Waals surface area contributed by atoms with Crippen molar-refractivity contribution in [3.63, 3.8) is 0 Å². The monoisotopic (exact) mass is 307 g/mol. The third-order valence-corrected chi connectivity index (χ3v) is 4.33. The van der Waals surface area contributed by atoms with E-state index in [1.165, 1.54) is 5.48 Å². The van der Waals surface area contributed by atoms with E-state index in [2.05, 4.69) is 0 Å². The summed E-state index contributed by atoms with van der Waals surface area (Å²) in [5.74, 6) is -1.29. The highest BCUT2D eigenvalue weighted by Crippen LogP contribution is 2.36. The van der Waals surface area contributed by atoms with Gasteiger partial charge in [-0.05, 0) is 19.8 Å². The Bertz CT molecular complexity index is 383. The van der Waals surface area contributed by atoms with Gasteiger partial charge in [-0.2, -0.15) is 0 Å². The minimum Gasteiger partial charge on any atom is -0.760 e. The zero-order valence-corrected chi connectivity index (χ0v) is 12.1. The fourth-order valence-electron chi connectivity index (χ4n) is 2.51. The summed E-state index contributed by atoms with van der Waals surface area (Å²) >= 11 is -2.67. The molecule has 1 fully saturated rings. The first-order chi connectivity index (χ1) is 9.47. The molecule has 116 valence electrons. The summed E-state index contributed by atoms with van der Waals surface area (Å²) in [6, 6.07) is 0. The van der Waals surface area contributed by atoms with Crippen LogP contribution in [0.4, 0.5) is 0 Å². The lowest BCUT2D eigenvalue weighted by Gasteiger charge is -2.39. The van der Waals surface area contributed by atoms with Crippen LogP contribution in [-0.4, -0.2) is 48.8 Å². The number of carbonyl (C=O) groups is 2. The van der Waals surface area contributed by atoms with Crippen LogP contribution in [0.1, 0.15) is 39.0 Å². The number of nitrogens with zero attached hydrogens (tertiary/aromatic N) is 1. The Morgan fingerprint density at radius 2 is 2.05 bits per heavy atom. The van der Waals surface area contributed by atoms with Gasteiger partial charge in [-0.1, -0.05) is 12.8 Å². The first kappa shape index (κ1) is 17.0. The molecule has 1 atom stereocenters. The second kappa shape index (κ2) is 7.67. The maximum absolute atomic E-state index is 11.9. The van der Waals surface area contributed by atoms with Gasteiger partial charge in [-0.3, -0.25) is 19.0 Å². The van der Waals surface area contributed by atoms with Gasteiger partial charge >= 0.3 is 5.97 Å². The van der Waals surface area contributed by atoms with Crippen LogP contribution in [0.3, 0.4) is 0 Å². The molecule has 1 unspecified atom stereocenters. The Hall–Kier alpha value is -1.03. The van der Waals surface area contributed by atoms with Crippen LogP contribution < -0.4 is 5.48 Å². The SMILES string of the molecule is CCOC(=O)CCN(S(=O)[O-])C1(C(=O)NO)CCCC1. The molecule has 9 heteroatoms. The van der Waals surface area contributed by atoms with Crippen LogP contribution >= 0.6 is 0 Å². The molecule has 0 heterocycles. The molecule has 20 heavy (non-hydrogen) atoms. The first-order valence-corrected chi connectivity index (χ1v) is 7.48. The molecule has 0 bridgehead atoms. The molecule has 0 saturated heterocycles. The topological polar surface area (TPSA) is 119 Å². The molecular weight excluding hydrogens is 288 g/mol. The van der Waals surface area contributed by atoms with Crippen LogP contribution in [0, 0.1) is 0 Å². The average molecular weight is 307 g/mol. The van der Waals surface area contributed by atoms with Gasteiger partial charge in [0.25, 0.3) is 5.91 Å². The van der Waals surface area contributed by atoms with E-state index in [1.807, 2.05) is 0 Å². The summed E-state index contributed by atoms with van der Waals surface area (Å²) < 4.78 is 28.5. The van der Waals surface area contributed by atoms with Crippen molar-refractivity contribution in [1.29, 1.82) is 0 Å². The second-order valence-electron chi connectivity index (χ2n) is 4.55. The molecule has 0 spiro atoms. The van der Waals surface area contributed by atoms with Crippen molar-refractivity contribution in [3.8, 4) is 0 Å². The normalized spacial score (nSPS) is 18.8. The molecule has 0 aromatic rings. The van der Waals surface area contributed by atoms with E-state index in [-0.39, 0.29) is 19.6 Å². The summed E-state index contributed by atoms with van der Waals surface area (Å²) in [6.07, 6.45) is 1.86. The number of hydrogen-bond acceptors (Lipinski definition) is 6. The fraction of sp³-hybridized carbons (Fsp3) is 0.818. The van der Waals surface area contributed by atoms with Crippen molar-refractivity contribution < 1.29 is 28.3 Å². The number of amides is 1. The van der Waals surface area contributed by atoms with E-state index >= 15 is 0 Å². The van der Waals surface area contributed by atoms with Gasteiger partial charge in [-0.25, -0.2) is 9.79 Å². The molecule has 0 aromatic carbocycles. The highest BCUT2D eigenvalue weighted by Gasteiger charge is 2.47. The van der Waals surface area contributed by atoms with Gasteiger partial charge in [0.15, 0.2) is 0 Å². The van der Waals surface area contributed by atoms with E-state index in [1.54, 1.807) is 6.92 Å². The summed E-state index contributed by atoms with van der Waals surface area (Å²) in [6.45, 7) is 1.71. The highest BCUT2D eigenvalue weighted by molar-refractivity contribution is 7.76. The van der Waals surface area contributed by atoms with Crippen molar-refractivity contribution in [2.24, 2.45) is 0 Å². The van der Waals surface area contributed by atoms with Gasteiger partial charge in [0.2, 0.25) is 0 Å². The maximum atomic E-state index is 11.9. The molecule has 2 N–H and O–H groups in total. The Labute approximate surface area is 119 Å². The summed E-state index contributed by atoms with van der Waals surface area (Å²) in [5, 5.41) is 8.83. The lowest BCUT2D eigenvalue weighted by molar-refractivity contribution is -0.145. The van der Waals surface area contributed by atoms with Crippen molar-refractivity contribution in [2.45, 2.75) is 44.6 Å². The second-order valence-corrected chi connectivity index (χ2v) is 5.43. The van der Waals surface area contributed by atoms with E-state index < -0.39 is 28.7 Å². The van der Waals surface area contributed by atoms with Gasteiger partial charge < -0.3 is 9.29 Å². The number of nitrogens with one attached hydrogen (secondary N) is 1. The Balaban J connectivity index is 2.84. The molecule has 0 aliphatic heterocycles. The van der Waals surface area contributed by atoms with Crippen molar-refractivity contribution in [2.75, 3.05) is 13.2 Å². The smallest absolute Gasteiger partial charge is 0.307 e.